The maximum absolute atomic E-state index is 3.06. The van der Waals surface area contributed by atoms with Crippen LogP contribution in [-0.2, 0) is 18.3 Å². The van der Waals surface area contributed by atoms with Crippen molar-refractivity contribution in [3.63, 3.8) is 0 Å². The molecule has 1 saturated heterocycles. The van der Waals surface area contributed by atoms with Crippen LogP contribution < -0.4 is 31.1 Å². The summed E-state index contributed by atoms with van der Waals surface area (Å²) in [7, 11) is 0. The lowest BCUT2D eigenvalue weighted by Crippen LogP contribution is -2.61. The van der Waals surface area contributed by atoms with Crippen molar-refractivity contribution in [3.05, 3.63) is 268 Å². The molecule has 3 nitrogen and oxygen atoms in total. The zero-order valence-corrected chi connectivity index (χ0v) is 65.0. The Morgan fingerprint density at radius 2 is 1.03 bits per heavy atom. The molecule has 8 aliphatic carbocycles. The summed E-state index contributed by atoms with van der Waals surface area (Å²) in [5.74, 6) is 3.83. The van der Waals surface area contributed by atoms with E-state index in [2.05, 4.69) is 310 Å². The fourth-order valence-electron chi connectivity index (χ4n) is 22.8. The van der Waals surface area contributed by atoms with Gasteiger partial charge in [-0.25, -0.2) is 0 Å². The number of nitrogens with zero attached hydrogens (tertiary/aromatic N) is 3. The van der Waals surface area contributed by atoms with Crippen LogP contribution in [0.25, 0.3) is 49.7 Å². The Morgan fingerprint density at radius 1 is 0.453 bits per heavy atom. The van der Waals surface area contributed by atoms with Crippen molar-refractivity contribution < 1.29 is 0 Å². The summed E-state index contributed by atoms with van der Waals surface area (Å²) < 4.78 is 0. The highest BCUT2D eigenvalue weighted by Gasteiger charge is 2.53. The Hall–Kier alpha value is -8.86. The Balaban J connectivity index is 0.885. The third-order valence-electron chi connectivity index (χ3n) is 28.3. The monoisotopic (exact) mass is 1380 g/mol. The first-order chi connectivity index (χ1) is 51.1. The molecule has 9 aromatic carbocycles. The van der Waals surface area contributed by atoms with Gasteiger partial charge in [0.05, 0.1) is 0 Å². The van der Waals surface area contributed by atoms with E-state index in [1.165, 1.54) is 198 Å². The minimum atomic E-state index is -0.119. The molecule has 0 spiro atoms. The minimum Gasteiger partial charge on any atom is -0.365 e. The second kappa shape index (κ2) is 24.3. The first-order valence-corrected chi connectivity index (χ1v) is 41.1. The van der Waals surface area contributed by atoms with Crippen LogP contribution in [0.2, 0.25) is 0 Å². The molecular formula is C102H106BN3. The molecule has 0 aromatic heterocycles. The van der Waals surface area contributed by atoms with Crippen LogP contribution in [0.5, 0.6) is 0 Å². The van der Waals surface area contributed by atoms with Crippen LogP contribution in [0.3, 0.4) is 0 Å². The summed E-state index contributed by atoms with van der Waals surface area (Å²) in [6.07, 6.45) is 32.2. The van der Waals surface area contributed by atoms with Crippen LogP contribution in [0.15, 0.2) is 240 Å². The first kappa shape index (κ1) is 66.6. The van der Waals surface area contributed by atoms with Crippen LogP contribution in [0, 0.1) is 51.8 Å². The van der Waals surface area contributed by atoms with Gasteiger partial charge in [-0.15, -0.1) is 0 Å². The number of allylic oxidation sites excluding steroid dienone is 12. The molecule has 0 radical (unpaired) electrons. The normalized spacial score (nSPS) is 24.7. The third-order valence-corrected chi connectivity index (χ3v) is 28.3. The highest BCUT2D eigenvalue weighted by molar-refractivity contribution is 7.00. The molecule has 3 aliphatic heterocycles. The number of fused-ring (bicyclic) bond motifs is 7. The van der Waals surface area contributed by atoms with Gasteiger partial charge >= 0.3 is 0 Å². The second-order valence-corrected chi connectivity index (χ2v) is 38.5. The predicted octanol–water partition coefficient (Wildman–Crippen LogP) is 25.2. The van der Waals surface area contributed by atoms with Crippen LogP contribution in [0.4, 0.5) is 39.8 Å². The third kappa shape index (κ3) is 10.7. The van der Waals surface area contributed by atoms with E-state index in [-0.39, 0.29) is 34.3 Å². The van der Waals surface area contributed by atoms with E-state index in [1.54, 1.807) is 27.6 Å². The molecule has 9 unspecified atom stereocenters. The lowest BCUT2D eigenvalue weighted by Gasteiger charge is -2.48. The Morgan fingerprint density at radius 3 is 1.61 bits per heavy atom. The molecule has 4 heteroatoms. The molecule has 532 valence electrons. The number of hydrogen-bond acceptors (Lipinski definition) is 3. The van der Waals surface area contributed by atoms with Gasteiger partial charge < -0.3 is 14.7 Å². The number of rotatable bonds is 7. The molecular weight excluding hydrogens is 1280 g/mol. The number of hydrogen-bond donors (Lipinski definition) is 0. The van der Waals surface area contributed by atoms with Gasteiger partial charge in [0.1, 0.15) is 0 Å². The highest BCUT2D eigenvalue weighted by Crippen LogP contribution is 2.60. The van der Waals surface area contributed by atoms with Gasteiger partial charge in [0.25, 0.3) is 6.71 Å². The molecule has 106 heavy (non-hydrogen) atoms. The zero-order chi connectivity index (χ0) is 72.2. The second-order valence-electron chi connectivity index (χ2n) is 38.5. The summed E-state index contributed by atoms with van der Waals surface area (Å²) in [5, 5.41) is 3.02. The maximum atomic E-state index is 3.06. The van der Waals surface area contributed by atoms with E-state index in [0.717, 1.165) is 31.1 Å². The van der Waals surface area contributed by atoms with Crippen molar-refractivity contribution >= 4 is 79.3 Å². The average Bonchev–Trinajstić information content (AvgIpc) is 1.83. The Labute approximate surface area is 633 Å². The smallest absolute Gasteiger partial charge is 0.252 e. The fraction of sp³-hybridized carbons (Fsp3) is 0.373. The van der Waals surface area contributed by atoms with Gasteiger partial charge in [-0.3, -0.25) is 0 Å². The lowest BCUT2D eigenvalue weighted by molar-refractivity contribution is 0.197. The van der Waals surface area contributed by atoms with Crippen molar-refractivity contribution in [1.82, 2.24) is 0 Å². The molecule has 9 aromatic rings. The zero-order valence-electron chi connectivity index (χ0n) is 65.0. The standard InChI is InChI=1S/C102H106BN3/c1-99(2,3)73-47-67-31-33-69-49-75(101(7,8)9)57-84-82(53-71(51-73)94(67)96(69)84)65-39-45-90-86(55-65)103-87-56-66(83-54-72-52-74(100(4,5)6)48-68-32-34-70-50-76(102(10,11)12)58-85(83)97(70)95(68)72)40-46-91(87)105(78-43-37-64(38-44-78)62-25-17-14-18-26-62)93-60-79(106-88-29-21-19-27-80(88)81-28-20-22-30-89(81)106)59-92(98(93)103)104(90)77-41-35-63(36-42-77)61-23-15-13-16-24-61/h13-18,23-26,31,33,35-46,49-51,53-60,67-68,74,80-81,88-89,94,96H,19-22,27-30,32,34,47-48,52H2,1-12H3. The van der Waals surface area contributed by atoms with Crippen LogP contribution in [0.1, 0.15) is 187 Å². The predicted molar refractivity (Wildman–Crippen MR) is 452 cm³/mol. The molecule has 11 aliphatic rings. The van der Waals surface area contributed by atoms with Gasteiger partial charge in [0, 0.05) is 63.7 Å². The SMILES string of the molecule is CC(C)(C)C1=CC2=C(c3ccc4c(c3)B3c5cc(-c6cc7c8c9c(cc(C(C)(C)C)cc69)CCC8CC(C(C)(C)C)C7)ccc5N(c5ccc(-c6ccccc6)cc5)c5cc(N6C7CCCCC7C7CCCCC76)cc(c53)N4c3ccc(-c4ccccc4)cc3)C=C3C=C(C(C)(C)C)CC4C=CC(=C1)C2C34. The summed E-state index contributed by atoms with van der Waals surface area (Å²) >= 11 is 0. The van der Waals surface area contributed by atoms with Gasteiger partial charge in [-0.2, -0.15) is 0 Å². The van der Waals surface area contributed by atoms with Crippen molar-refractivity contribution in [3.8, 4) is 33.4 Å². The fourth-order valence-corrected chi connectivity index (χ4v) is 22.8. The van der Waals surface area contributed by atoms with Crippen LogP contribution >= 0.6 is 0 Å². The molecule has 9 atom stereocenters. The van der Waals surface area contributed by atoms with E-state index in [4.69, 9.17) is 0 Å². The summed E-state index contributed by atoms with van der Waals surface area (Å²) in [6.45, 7) is 29.2. The van der Waals surface area contributed by atoms with Gasteiger partial charge in [0.2, 0.25) is 0 Å². The quantitative estimate of drug-likeness (QED) is 0.147. The molecule has 0 N–H and O–H groups in total. The lowest BCUT2D eigenvalue weighted by atomic mass is 9.33. The average molecular weight is 1380 g/mol. The van der Waals surface area contributed by atoms with Crippen molar-refractivity contribution in [2.45, 2.75) is 190 Å². The summed E-state index contributed by atoms with van der Waals surface area (Å²) in [6, 6.07) is 71.8. The van der Waals surface area contributed by atoms with Gasteiger partial charge in [-0.05, 0) is 280 Å². The summed E-state index contributed by atoms with van der Waals surface area (Å²) in [5.41, 5.74) is 37.5. The van der Waals surface area contributed by atoms with Crippen molar-refractivity contribution in [1.29, 1.82) is 0 Å². The van der Waals surface area contributed by atoms with E-state index in [9.17, 15) is 0 Å². The van der Waals surface area contributed by atoms with Crippen molar-refractivity contribution in [2.75, 3.05) is 14.7 Å². The van der Waals surface area contributed by atoms with E-state index >= 15 is 0 Å². The highest BCUT2D eigenvalue weighted by atomic mass is 15.3. The molecule has 0 amide bonds. The number of benzene rings is 9. The first-order valence-electron chi connectivity index (χ1n) is 41.1. The van der Waals surface area contributed by atoms with Gasteiger partial charge in [0.15, 0.2) is 0 Å². The maximum Gasteiger partial charge on any atom is 0.252 e. The van der Waals surface area contributed by atoms with E-state index in [0.29, 0.717) is 35.8 Å². The Kier molecular flexibility index (Phi) is 15.3. The molecule has 0 bridgehead atoms. The number of anilines is 7. The Bertz CT molecular complexity index is 5270. The topological polar surface area (TPSA) is 9.72 Å². The summed E-state index contributed by atoms with van der Waals surface area (Å²) in [4.78, 5) is 8.57. The number of aryl methyl sites for hydroxylation is 1. The van der Waals surface area contributed by atoms with E-state index < -0.39 is 0 Å². The molecule has 2 saturated carbocycles. The van der Waals surface area contributed by atoms with E-state index in [1.807, 2.05) is 0 Å². The molecule has 3 heterocycles. The minimum absolute atomic E-state index is 0.0118. The van der Waals surface area contributed by atoms with Crippen LogP contribution in [-0.4, -0.2) is 18.8 Å². The molecule has 20 rings (SSSR count). The van der Waals surface area contributed by atoms with Gasteiger partial charge in [-0.1, -0.05) is 272 Å². The van der Waals surface area contributed by atoms with Crippen molar-refractivity contribution in [2.24, 2.45) is 51.8 Å². The molecule has 3 fully saturated rings. The largest absolute Gasteiger partial charge is 0.365 e.